The molecule has 0 saturated carbocycles. The van der Waals surface area contributed by atoms with Crippen LogP contribution in [0.1, 0.15) is 46.6 Å². The molecular formula is C22H30N4O3. The molecule has 1 amide bonds. The van der Waals surface area contributed by atoms with Gasteiger partial charge in [0.2, 0.25) is 0 Å². The molecule has 1 unspecified atom stereocenters. The van der Waals surface area contributed by atoms with E-state index in [1.54, 1.807) is 14.2 Å². The summed E-state index contributed by atoms with van der Waals surface area (Å²) in [5, 5.41) is 8.25. The van der Waals surface area contributed by atoms with Crippen LogP contribution in [0.3, 0.4) is 0 Å². The number of likely N-dealkylation sites (tertiary alicyclic amines) is 1. The van der Waals surface area contributed by atoms with Crippen LogP contribution in [0, 0.1) is 0 Å². The van der Waals surface area contributed by atoms with Gasteiger partial charge in [-0.3, -0.25) is 9.48 Å². The third kappa shape index (κ3) is 4.10. The van der Waals surface area contributed by atoms with Gasteiger partial charge >= 0.3 is 0 Å². The minimum absolute atomic E-state index is 0.0949. The van der Waals surface area contributed by atoms with Gasteiger partial charge in [0.25, 0.3) is 5.91 Å². The number of nitrogens with one attached hydrogen (secondary N) is 1. The molecule has 1 saturated heterocycles. The summed E-state index contributed by atoms with van der Waals surface area (Å²) in [6.07, 6.45) is 4.99. The van der Waals surface area contributed by atoms with Crippen molar-refractivity contribution in [2.45, 2.75) is 44.7 Å². The first-order chi connectivity index (χ1) is 14.1. The molecule has 0 radical (unpaired) electrons. The van der Waals surface area contributed by atoms with Gasteiger partial charge in [0.05, 0.1) is 14.2 Å². The fraction of sp³-hybridized carbons (Fsp3) is 0.545. The second kappa shape index (κ2) is 8.45. The highest BCUT2D eigenvalue weighted by Crippen LogP contribution is 2.27. The number of amides is 1. The summed E-state index contributed by atoms with van der Waals surface area (Å²) in [5.41, 5.74) is 4.09. The van der Waals surface area contributed by atoms with Gasteiger partial charge < -0.3 is 19.7 Å². The van der Waals surface area contributed by atoms with Gasteiger partial charge in [0.15, 0.2) is 5.69 Å². The molecule has 1 aromatic carbocycles. The highest BCUT2D eigenvalue weighted by molar-refractivity contribution is 5.94. The molecule has 2 aromatic rings. The van der Waals surface area contributed by atoms with Crippen LogP contribution in [0.25, 0.3) is 0 Å². The Morgan fingerprint density at radius 2 is 1.86 bits per heavy atom. The summed E-state index contributed by atoms with van der Waals surface area (Å²) in [7, 11) is 5.28. The van der Waals surface area contributed by atoms with E-state index in [9.17, 15) is 4.79 Å². The minimum Gasteiger partial charge on any atom is -0.497 e. The Morgan fingerprint density at radius 3 is 2.52 bits per heavy atom. The van der Waals surface area contributed by atoms with Crippen molar-refractivity contribution in [3.05, 3.63) is 40.7 Å². The standard InChI is InChI=1S/C22H30N4O3/c1-25-20-7-6-16(23-14-15-10-17(28-2)13-18(11-15)29-3)12-19(20)21(24-25)22(27)26-8-4-5-9-26/h10-11,13,16,23H,4-9,12,14H2,1-3H3. The van der Waals surface area contributed by atoms with Crippen molar-refractivity contribution in [3.63, 3.8) is 0 Å². The molecule has 1 N–H and O–H groups in total. The Kier molecular flexibility index (Phi) is 5.76. The van der Waals surface area contributed by atoms with Crippen LogP contribution in [0.5, 0.6) is 11.5 Å². The van der Waals surface area contributed by atoms with E-state index in [0.29, 0.717) is 11.7 Å². The molecule has 0 spiro atoms. The molecule has 1 atom stereocenters. The van der Waals surface area contributed by atoms with Crippen LogP contribution in [0.2, 0.25) is 0 Å². The van der Waals surface area contributed by atoms with Crippen molar-refractivity contribution in [1.29, 1.82) is 0 Å². The largest absolute Gasteiger partial charge is 0.497 e. The van der Waals surface area contributed by atoms with Gasteiger partial charge in [-0.05, 0) is 49.8 Å². The number of benzene rings is 1. The van der Waals surface area contributed by atoms with Crippen LogP contribution < -0.4 is 14.8 Å². The fourth-order valence-corrected chi connectivity index (χ4v) is 4.44. The number of hydrogen-bond acceptors (Lipinski definition) is 5. The highest BCUT2D eigenvalue weighted by Gasteiger charge is 2.31. The van der Waals surface area contributed by atoms with E-state index in [-0.39, 0.29) is 5.91 Å². The number of carbonyl (C=O) groups is 1. The summed E-state index contributed by atoms with van der Waals surface area (Å²) in [4.78, 5) is 14.9. The summed E-state index contributed by atoms with van der Waals surface area (Å²) in [6, 6.07) is 6.24. The lowest BCUT2D eigenvalue weighted by atomic mass is 9.91. The first-order valence-corrected chi connectivity index (χ1v) is 10.4. The summed E-state index contributed by atoms with van der Waals surface area (Å²) >= 11 is 0. The number of ether oxygens (including phenoxy) is 2. The molecule has 1 aliphatic carbocycles. The van der Waals surface area contributed by atoms with Crippen LogP contribution >= 0.6 is 0 Å². The molecule has 7 heteroatoms. The average Bonchev–Trinajstić information content (AvgIpc) is 3.40. The lowest BCUT2D eigenvalue weighted by Gasteiger charge is -2.25. The zero-order chi connectivity index (χ0) is 20.4. The molecule has 4 rings (SSSR count). The van der Waals surface area contributed by atoms with Gasteiger partial charge in [-0.15, -0.1) is 0 Å². The lowest BCUT2D eigenvalue weighted by Crippen LogP contribution is -2.35. The second-order valence-electron chi connectivity index (χ2n) is 7.94. The number of rotatable bonds is 6. The minimum atomic E-state index is 0.0949. The number of nitrogens with zero attached hydrogens (tertiary/aromatic N) is 3. The van der Waals surface area contributed by atoms with E-state index in [1.165, 1.54) is 5.69 Å². The molecule has 7 nitrogen and oxygen atoms in total. The molecule has 1 fully saturated rings. The number of carbonyl (C=O) groups excluding carboxylic acids is 1. The Bertz CT molecular complexity index is 864. The highest BCUT2D eigenvalue weighted by atomic mass is 16.5. The Hall–Kier alpha value is -2.54. The molecule has 29 heavy (non-hydrogen) atoms. The SMILES string of the molecule is COc1cc(CNC2CCc3c(c(C(=O)N4CCCC4)nn3C)C2)cc(OC)c1. The molecule has 1 aliphatic heterocycles. The summed E-state index contributed by atoms with van der Waals surface area (Å²) in [5.74, 6) is 1.67. The molecule has 1 aromatic heterocycles. The molecule has 0 bridgehead atoms. The smallest absolute Gasteiger partial charge is 0.274 e. The van der Waals surface area contributed by atoms with Crippen molar-refractivity contribution in [2.75, 3.05) is 27.3 Å². The number of hydrogen-bond donors (Lipinski definition) is 1. The van der Waals surface area contributed by atoms with E-state index in [1.807, 2.05) is 34.8 Å². The molecule has 2 aliphatic rings. The van der Waals surface area contributed by atoms with E-state index in [2.05, 4.69) is 10.4 Å². The van der Waals surface area contributed by atoms with Crippen molar-refractivity contribution < 1.29 is 14.3 Å². The Balaban J connectivity index is 1.47. The predicted molar refractivity (Wildman–Crippen MR) is 111 cm³/mol. The lowest BCUT2D eigenvalue weighted by molar-refractivity contribution is 0.0785. The normalized spacial score (nSPS) is 18.6. The van der Waals surface area contributed by atoms with Crippen molar-refractivity contribution >= 4 is 5.91 Å². The third-order valence-corrected chi connectivity index (χ3v) is 6.06. The van der Waals surface area contributed by atoms with Crippen LogP contribution in [-0.2, 0) is 26.4 Å². The molecular weight excluding hydrogens is 368 g/mol. The zero-order valence-electron chi connectivity index (χ0n) is 17.5. The fourth-order valence-electron chi connectivity index (χ4n) is 4.44. The summed E-state index contributed by atoms with van der Waals surface area (Å²) < 4.78 is 12.6. The quantitative estimate of drug-likeness (QED) is 0.809. The monoisotopic (exact) mass is 398 g/mol. The number of methoxy groups -OCH3 is 2. The van der Waals surface area contributed by atoms with E-state index < -0.39 is 0 Å². The van der Waals surface area contributed by atoms with Crippen LogP contribution in [0.4, 0.5) is 0 Å². The topological polar surface area (TPSA) is 68.6 Å². The second-order valence-corrected chi connectivity index (χ2v) is 7.94. The first kappa shape index (κ1) is 19.8. The van der Waals surface area contributed by atoms with Crippen molar-refractivity contribution in [1.82, 2.24) is 20.0 Å². The number of aromatic nitrogens is 2. The number of aryl methyl sites for hydroxylation is 1. The first-order valence-electron chi connectivity index (χ1n) is 10.4. The maximum absolute atomic E-state index is 13.0. The van der Waals surface area contributed by atoms with Crippen molar-refractivity contribution in [3.8, 4) is 11.5 Å². The molecule has 156 valence electrons. The summed E-state index contributed by atoms with van der Waals surface area (Å²) in [6.45, 7) is 2.43. The zero-order valence-corrected chi connectivity index (χ0v) is 17.5. The van der Waals surface area contributed by atoms with E-state index in [0.717, 1.165) is 74.4 Å². The third-order valence-electron chi connectivity index (χ3n) is 6.06. The average molecular weight is 399 g/mol. The van der Waals surface area contributed by atoms with Gasteiger partial charge in [-0.1, -0.05) is 0 Å². The van der Waals surface area contributed by atoms with Crippen LogP contribution in [0.15, 0.2) is 18.2 Å². The van der Waals surface area contributed by atoms with E-state index >= 15 is 0 Å². The molecule has 2 heterocycles. The predicted octanol–water partition coefficient (Wildman–Crippen LogP) is 2.32. The van der Waals surface area contributed by atoms with Gasteiger partial charge in [-0.2, -0.15) is 5.10 Å². The Labute approximate surface area is 172 Å². The number of fused-ring (bicyclic) bond motifs is 1. The maximum atomic E-state index is 13.0. The van der Waals surface area contributed by atoms with Gasteiger partial charge in [0.1, 0.15) is 11.5 Å². The van der Waals surface area contributed by atoms with Gasteiger partial charge in [0, 0.05) is 50.0 Å². The Morgan fingerprint density at radius 1 is 1.17 bits per heavy atom. The van der Waals surface area contributed by atoms with Gasteiger partial charge in [-0.25, -0.2) is 0 Å². The van der Waals surface area contributed by atoms with Crippen molar-refractivity contribution in [2.24, 2.45) is 7.05 Å². The van der Waals surface area contributed by atoms with E-state index in [4.69, 9.17) is 9.47 Å². The maximum Gasteiger partial charge on any atom is 0.274 e. The van der Waals surface area contributed by atoms with Crippen LogP contribution in [-0.4, -0.2) is 53.9 Å².